The van der Waals surface area contributed by atoms with E-state index < -0.39 is 0 Å². The minimum absolute atomic E-state index is 0.869. The molecule has 2 heteroatoms. The Morgan fingerprint density at radius 2 is 1.40 bits per heavy atom. The molecule has 0 spiro atoms. The van der Waals surface area contributed by atoms with Crippen LogP contribution in [0.4, 0.5) is 0 Å². The van der Waals surface area contributed by atoms with Crippen LogP contribution in [-0.2, 0) is 0 Å². The number of nitrogens with two attached hydrogens (primary N) is 1. The lowest BCUT2D eigenvalue weighted by Crippen LogP contribution is -1.97. The van der Waals surface area contributed by atoms with Crippen LogP contribution in [0.2, 0.25) is 0 Å². The Morgan fingerprint density at radius 3 is 1.80 bits per heavy atom. The summed E-state index contributed by atoms with van der Waals surface area (Å²) >= 11 is 1.71. The van der Waals surface area contributed by atoms with Crippen molar-refractivity contribution in [3.8, 4) is 0 Å². The second kappa shape index (κ2) is 13.7. The first-order valence-corrected chi connectivity index (χ1v) is 7.03. The minimum atomic E-state index is 0.869. The lowest BCUT2D eigenvalue weighted by molar-refractivity contribution is 0.593. The summed E-state index contributed by atoms with van der Waals surface area (Å²) in [5, 5.41) is 4.08. The molecule has 1 aromatic heterocycles. The molecule has 0 saturated heterocycles. The van der Waals surface area contributed by atoms with Crippen molar-refractivity contribution >= 4 is 11.3 Å². The van der Waals surface area contributed by atoms with Gasteiger partial charge in [0.15, 0.2) is 0 Å². The average molecular weight is 227 g/mol. The van der Waals surface area contributed by atoms with Crippen LogP contribution in [0.15, 0.2) is 22.9 Å². The van der Waals surface area contributed by atoms with Crippen LogP contribution in [0, 0.1) is 0 Å². The van der Waals surface area contributed by atoms with Crippen LogP contribution in [0.3, 0.4) is 0 Å². The summed E-state index contributed by atoms with van der Waals surface area (Å²) in [6.07, 6.45) is 9.51. The Bertz CT molecular complexity index is 147. The smallest absolute Gasteiger partial charge is 0.00773 e. The van der Waals surface area contributed by atoms with Gasteiger partial charge in [0, 0.05) is 0 Å². The number of unbranched alkanes of at least 4 members (excludes halogenated alkanes) is 6. The highest BCUT2D eigenvalue weighted by Crippen LogP contribution is 2.05. The molecule has 1 heterocycles. The molecule has 0 fully saturated rings. The number of hydrogen-bond donors (Lipinski definition) is 1. The van der Waals surface area contributed by atoms with Crippen molar-refractivity contribution in [2.45, 2.75) is 51.9 Å². The van der Waals surface area contributed by atoms with Gasteiger partial charge in [-0.2, -0.15) is 11.3 Å². The van der Waals surface area contributed by atoms with Gasteiger partial charge in [0.05, 0.1) is 0 Å². The quantitative estimate of drug-likeness (QED) is 0.685. The Kier molecular flexibility index (Phi) is 13.4. The monoisotopic (exact) mass is 227 g/mol. The van der Waals surface area contributed by atoms with E-state index in [9.17, 15) is 0 Å². The highest BCUT2D eigenvalue weighted by atomic mass is 32.1. The molecule has 0 radical (unpaired) electrons. The van der Waals surface area contributed by atoms with Crippen LogP contribution >= 0.6 is 11.3 Å². The second-order valence-electron chi connectivity index (χ2n) is 3.70. The van der Waals surface area contributed by atoms with Crippen molar-refractivity contribution in [2.24, 2.45) is 5.73 Å². The van der Waals surface area contributed by atoms with Crippen LogP contribution in [0.5, 0.6) is 0 Å². The molecule has 0 amide bonds. The van der Waals surface area contributed by atoms with E-state index in [2.05, 4.69) is 6.92 Å². The first-order chi connectivity index (χ1) is 7.41. The van der Waals surface area contributed by atoms with E-state index in [1.807, 2.05) is 22.9 Å². The van der Waals surface area contributed by atoms with Gasteiger partial charge in [-0.05, 0) is 23.7 Å². The fourth-order valence-corrected chi connectivity index (χ4v) is 1.78. The molecular weight excluding hydrogens is 202 g/mol. The van der Waals surface area contributed by atoms with E-state index in [0.717, 1.165) is 6.54 Å². The number of rotatable bonds is 7. The predicted octanol–water partition coefficient (Wildman–Crippen LogP) is 4.44. The van der Waals surface area contributed by atoms with Crippen LogP contribution < -0.4 is 5.73 Å². The zero-order valence-corrected chi connectivity index (χ0v) is 10.8. The van der Waals surface area contributed by atoms with Gasteiger partial charge in [-0.25, -0.2) is 0 Å². The summed E-state index contributed by atoms with van der Waals surface area (Å²) in [5.74, 6) is 0. The minimum Gasteiger partial charge on any atom is -0.330 e. The largest absolute Gasteiger partial charge is 0.330 e. The van der Waals surface area contributed by atoms with Crippen molar-refractivity contribution in [2.75, 3.05) is 6.54 Å². The SMILES string of the molecule is CCCCCCCCCN.c1ccsc1. The van der Waals surface area contributed by atoms with E-state index in [0.29, 0.717) is 0 Å². The summed E-state index contributed by atoms with van der Waals surface area (Å²) < 4.78 is 0. The maximum atomic E-state index is 5.37. The molecule has 1 nitrogen and oxygen atoms in total. The van der Waals surface area contributed by atoms with Crippen molar-refractivity contribution in [3.05, 3.63) is 22.9 Å². The summed E-state index contributed by atoms with van der Waals surface area (Å²) in [7, 11) is 0. The van der Waals surface area contributed by atoms with Gasteiger partial charge in [0.2, 0.25) is 0 Å². The Morgan fingerprint density at radius 1 is 0.867 bits per heavy atom. The maximum absolute atomic E-state index is 5.37. The molecule has 0 aromatic carbocycles. The predicted molar refractivity (Wildman–Crippen MR) is 71.4 cm³/mol. The Balaban J connectivity index is 0.000000322. The standard InChI is InChI=1S/C9H21N.C4H4S/c1-2-3-4-5-6-7-8-9-10;1-2-4-5-3-1/h2-10H2,1H3;1-4H. The molecule has 0 unspecified atom stereocenters. The first kappa shape index (κ1) is 14.7. The topological polar surface area (TPSA) is 26.0 Å². The fraction of sp³-hybridized carbons (Fsp3) is 0.692. The third-order valence-electron chi connectivity index (χ3n) is 2.23. The molecule has 1 aromatic rings. The molecule has 0 bridgehead atoms. The summed E-state index contributed by atoms with van der Waals surface area (Å²) in [4.78, 5) is 0. The van der Waals surface area contributed by atoms with E-state index in [1.54, 1.807) is 11.3 Å². The third-order valence-corrected chi connectivity index (χ3v) is 2.86. The summed E-state index contributed by atoms with van der Waals surface area (Å²) in [5.41, 5.74) is 5.37. The molecule has 0 saturated carbocycles. The van der Waals surface area contributed by atoms with Gasteiger partial charge in [-0.3, -0.25) is 0 Å². The maximum Gasteiger partial charge on any atom is -0.00773 e. The van der Waals surface area contributed by atoms with Crippen LogP contribution in [0.25, 0.3) is 0 Å². The third kappa shape index (κ3) is 13.7. The highest BCUT2D eigenvalue weighted by molar-refractivity contribution is 7.07. The van der Waals surface area contributed by atoms with Gasteiger partial charge >= 0.3 is 0 Å². The van der Waals surface area contributed by atoms with Gasteiger partial charge in [0.25, 0.3) is 0 Å². The Labute approximate surface area is 98.7 Å². The fourth-order valence-electron chi connectivity index (χ4n) is 1.33. The molecule has 0 aliphatic rings. The summed E-state index contributed by atoms with van der Waals surface area (Å²) in [6.45, 7) is 3.12. The lowest BCUT2D eigenvalue weighted by Gasteiger charge is -1.97. The van der Waals surface area contributed by atoms with E-state index >= 15 is 0 Å². The van der Waals surface area contributed by atoms with Gasteiger partial charge in [-0.1, -0.05) is 57.6 Å². The molecule has 2 N–H and O–H groups in total. The van der Waals surface area contributed by atoms with Crippen LogP contribution in [-0.4, -0.2) is 6.54 Å². The Hall–Kier alpha value is -0.340. The second-order valence-corrected chi connectivity index (χ2v) is 4.52. The van der Waals surface area contributed by atoms with Gasteiger partial charge < -0.3 is 5.73 Å². The van der Waals surface area contributed by atoms with Crippen molar-refractivity contribution < 1.29 is 0 Å². The lowest BCUT2D eigenvalue weighted by atomic mass is 10.1. The van der Waals surface area contributed by atoms with E-state index in [1.165, 1.54) is 44.9 Å². The molecule has 0 aliphatic carbocycles. The zero-order valence-electron chi connectivity index (χ0n) is 9.95. The van der Waals surface area contributed by atoms with Crippen molar-refractivity contribution in [3.63, 3.8) is 0 Å². The molecular formula is C13H25NS. The first-order valence-electron chi connectivity index (χ1n) is 6.09. The van der Waals surface area contributed by atoms with E-state index in [4.69, 9.17) is 5.73 Å². The molecule has 88 valence electrons. The van der Waals surface area contributed by atoms with Gasteiger partial charge in [0.1, 0.15) is 0 Å². The molecule has 15 heavy (non-hydrogen) atoms. The van der Waals surface area contributed by atoms with E-state index in [-0.39, 0.29) is 0 Å². The van der Waals surface area contributed by atoms with Gasteiger partial charge in [-0.15, -0.1) is 0 Å². The average Bonchev–Trinajstić information content (AvgIpc) is 2.82. The molecule has 0 aliphatic heterocycles. The highest BCUT2D eigenvalue weighted by Gasteiger charge is 1.87. The zero-order chi connectivity index (χ0) is 11.2. The molecule has 0 atom stereocenters. The summed E-state index contributed by atoms with van der Waals surface area (Å²) in [6, 6.07) is 4.04. The van der Waals surface area contributed by atoms with Crippen molar-refractivity contribution in [1.82, 2.24) is 0 Å². The number of thiophene rings is 1. The van der Waals surface area contributed by atoms with Crippen LogP contribution in [0.1, 0.15) is 51.9 Å². The number of hydrogen-bond acceptors (Lipinski definition) is 2. The van der Waals surface area contributed by atoms with Crippen molar-refractivity contribution in [1.29, 1.82) is 0 Å². The normalized spacial score (nSPS) is 9.47. The molecule has 1 rings (SSSR count).